The number of carbonyl (C=O) groups is 1. The van der Waals surface area contributed by atoms with Gasteiger partial charge in [-0.1, -0.05) is 0 Å². The Morgan fingerprint density at radius 2 is 2.16 bits per heavy atom. The summed E-state index contributed by atoms with van der Waals surface area (Å²) >= 11 is 0. The summed E-state index contributed by atoms with van der Waals surface area (Å²) in [5.41, 5.74) is 2.28. The second-order valence-electron chi connectivity index (χ2n) is 5.81. The highest BCUT2D eigenvalue weighted by molar-refractivity contribution is 6.06. The van der Waals surface area contributed by atoms with Crippen LogP contribution in [0.25, 0.3) is 10.9 Å². The molecule has 138 valence electrons. The van der Waals surface area contributed by atoms with Gasteiger partial charge in [-0.25, -0.2) is 4.79 Å². The van der Waals surface area contributed by atoms with Crippen molar-refractivity contribution in [1.29, 1.82) is 0 Å². The molecule has 7 nitrogen and oxygen atoms in total. The molecule has 0 aliphatic heterocycles. The topological polar surface area (TPSA) is 93.0 Å². The van der Waals surface area contributed by atoms with Crippen LogP contribution in [0.5, 0.6) is 5.75 Å². The lowest BCUT2D eigenvalue weighted by Gasteiger charge is -2.13. The molecule has 1 heterocycles. The third-order valence-corrected chi connectivity index (χ3v) is 4.05. The van der Waals surface area contributed by atoms with E-state index in [0.29, 0.717) is 31.0 Å². The second-order valence-corrected chi connectivity index (χ2v) is 5.81. The van der Waals surface area contributed by atoms with Crippen LogP contribution in [-0.4, -0.2) is 59.8 Å². The minimum Gasteiger partial charge on any atom is -0.491 e. The van der Waals surface area contributed by atoms with Crippen molar-refractivity contribution >= 4 is 16.9 Å². The van der Waals surface area contributed by atoms with Crippen molar-refractivity contribution in [3.05, 3.63) is 29.5 Å². The van der Waals surface area contributed by atoms with Gasteiger partial charge in [-0.15, -0.1) is 0 Å². The summed E-state index contributed by atoms with van der Waals surface area (Å²) in [7, 11) is 1.90. The summed E-state index contributed by atoms with van der Waals surface area (Å²) in [6.07, 6.45) is -0.690. The number of esters is 1. The summed E-state index contributed by atoms with van der Waals surface area (Å²) in [4.78, 5) is 12.3. The summed E-state index contributed by atoms with van der Waals surface area (Å²) in [5, 5.41) is 22.2. The van der Waals surface area contributed by atoms with Gasteiger partial charge in [0, 0.05) is 36.7 Å². The molecule has 25 heavy (non-hydrogen) atoms. The van der Waals surface area contributed by atoms with E-state index in [1.807, 2.05) is 30.7 Å². The number of hydrogen-bond donors (Lipinski definition) is 3. The van der Waals surface area contributed by atoms with Crippen molar-refractivity contribution in [2.75, 3.05) is 32.9 Å². The number of aryl methyl sites for hydroxylation is 1. The fourth-order valence-corrected chi connectivity index (χ4v) is 2.70. The Bertz CT molecular complexity index is 726. The zero-order valence-electron chi connectivity index (χ0n) is 14.9. The lowest BCUT2D eigenvalue weighted by molar-refractivity contribution is 0.0527. The highest BCUT2D eigenvalue weighted by Crippen LogP contribution is 2.29. The molecule has 2 rings (SSSR count). The van der Waals surface area contributed by atoms with Crippen LogP contribution in [-0.2, 0) is 11.8 Å². The van der Waals surface area contributed by atoms with Gasteiger partial charge in [0.05, 0.1) is 18.8 Å². The number of ether oxygens (including phenoxy) is 2. The molecule has 0 fully saturated rings. The Labute approximate surface area is 147 Å². The van der Waals surface area contributed by atoms with Crippen LogP contribution >= 0.6 is 0 Å². The van der Waals surface area contributed by atoms with E-state index in [-0.39, 0.29) is 19.2 Å². The van der Waals surface area contributed by atoms with Crippen LogP contribution in [0.4, 0.5) is 0 Å². The van der Waals surface area contributed by atoms with E-state index < -0.39 is 6.10 Å². The van der Waals surface area contributed by atoms with Crippen molar-refractivity contribution in [2.24, 2.45) is 7.05 Å². The molecule has 2 aromatic rings. The second kappa shape index (κ2) is 8.84. The maximum absolute atomic E-state index is 12.3. The number of nitrogens with one attached hydrogen (secondary N) is 1. The van der Waals surface area contributed by atoms with Gasteiger partial charge in [0.2, 0.25) is 0 Å². The first kappa shape index (κ1) is 19.2. The van der Waals surface area contributed by atoms with Gasteiger partial charge in [0.1, 0.15) is 18.5 Å². The predicted octanol–water partition coefficient (Wildman–Crippen LogP) is 0.985. The maximum Gasteiger partial charge on any atom is 0.340 e. The minimum absolute atomic E-state index is 0.0221. The van der Waals surface area contributed by atoms with Gasteiger partial charge in [-0.05, 0) is 32.0 Å². The fourth-order valence-electron chi connectivity index (χ4n) is 2.70. The summed E-state index contributed by atoms with van der Waals surface area (Å²) in [5.74, 6) is 0.223. The largest absolute Gasteiger partial charge is 0.491 e. The molecular formula is C18H26N2O5. The van der Waals surface area contributed by atoms with E-state index in [0.717, 1.165) is 16.6 Å². The molecule has 1 atom stereocenters. The number of benzene rings is 1. The molecule has 0 radical (unpaired) electrons. The Hall–Kier alpha value is -2.09. The van der Waals surface area contributed by atoms with Gasteiger partial charge in [-0.3, -0.25) is 0 Å². The van der Waals surface area contributed by atoms with Crippen molar-refractivity contribution in [2.45, 2.75) is 20.0 Å². The number of rotatable bonds is 9. The molecule has 0 bridgehead atoms. The Morgan fingerprint density at radius 3 is 2.84 bits per heavy atom. The monoisotopic (exact) mass is 350 g/mol. The molecule has 0 aliphatic carbocycles. The number of hydrogen-bond acceptors (Lipinski definition) is 6. The summed E-state index contributed by atoms with van der Waals surface area (Å²) in [6, 6.07) is 5.49. The van der Waals surface area contributed by atoms with E-state index in [9.17, 15) is 9.90 Å². The molecule has 1 unspecified atom stereocenters. The van der Waals surface area contributed by atoms with Crippen LogP contribution < -0.4 is 10.1 Å². The zero-order valence-corrected chi connectivity index (χ0v) is 14.9. The normalized spacial score (nSPS) is 12.4. The molecule has 0 saturated heterocycles. The number of aliphatic hydroxyl groups excluding tert-OH is 2. The van der Waals surface area contributed by atoms with E-state index in [1.165, 1.54) is 0 Å². The molecular weight excluding hydrogens is 324 g/mol. The average Bonchev–Trinajstić information content (AvgIpc) is 2.84. The van der Waals surface area contributed by atoms with Gasteiger partial charge in [0.25, 0.3) is 0 Å². The van der Waals surface area contributed by atoms with Crippen LogP contribution in [0.3, 0.4) is 0 Å². The van der Waals surface area contributed by atoms with Crippen molar-refractivity contribution in [1.82, 2.24) is 9.88 Å². The van der Waals surface area contributed by atoms with Gasteiger partial charge in [0.15, 0.2) is 0 Å². The highest BCUT2D eigenvalue weighted by Gasteiger charge is 2.20. The molecule has 0 saturated carbocycles. The van der Waals surface area contributed by atoms with E-state index >= 15 is 0 Å². The van der Waals surface area contributed by atoms with Crippen molar-refractivity contribution < 1.29 is 24.5 Å². The van der Waals surface area contributed by atoms with Gasteiger partial charge in [-0.2, -0.15) is 0 Å². The summed E-state index contributed by atoms with van der Waals surface area (Å²) in [6.45, 7) is 4.87. The first-order valence-electron chi connectivity index (χ1n) is 8.38. The van der Waals surface area contributed by atoms with Crippen molar-refractivity contribution in [3.63, 3.8) is 0 Å². The van der Waals surface area contributed by atoms with Gasteiger partial charge < -0.3 is 29.6 Å². The van der Waals surface area contributed by atoms with Gasteiger partial charge >= 0.3 is 5.97 Å². The number of aromatic nitrogens is 1. The van der Waals surface area contributed by atoms with E-state index in [1.54, 1.807) is 13.0 Å². The average molecular weight is 350 g/mol. The first-order chi connectivity index (χ1) is 12.0. The predicted molar refractivity (Wildman–Crippen MR) is 95.1 cm³/mol. The molecule has 0 spiro atoms. The molecule has 1 aromatic heterocycles. The van der Waals surface area contributed by atoms with Crippen LogP contribution in [0, 0.1) is 6.92 Å². The number of nitrogens with zero attached hydrogens (tertiary/aromatic N) is 1. The van der Waals surface area contributed by atoms with E-state index in [4.69, 9.17) is 14.6 Å². The SMILES string of the molecule is CCOC(=O)c1c(C)n(C)c2ccc(OCC(O)CNCCO)cc12. The van der Waals surface area contributed by atoms with Crippen LogP contribution in [0.15, 0.2) is 18.2 Å². The Balaban J connectivity index is 2.18. The zero-order chi connectivity index (χ0) is 18.4. The molecule has 1 aromatic carbocycles. The first-order valence-corrected chi connectivity index (χ1v) is 8.38. The molecule has 0 aliphatic rings. The number of fused-ring (bicyclic) bond motifs is 1. The van der Waals surface area contributed by atoms with Crippen molar-refractivity contribution in [3.8, 4) is 5.75 Å². The molecule has 3 N–H and O–H groups in total. The highest BCUT2D eigenvalue weighted by atomic mass is 16.5. The van der Waals surface area contributed by atoms with Crippen LogP contribution in [0.1, 0.15) is 23.0 Å². The number of carbonyl (C=O) groups excluding carboxylic acids is 1. The quantitative estimate of drug-likeness (QED) is 0.461. The number of aliphatic hydroxyl groups is 2. The summed E-state index contributed by atoms with van der Waals surface area (Å²) < 4.78 is 12.7. The molecule has 7 heteroatoms. The maximum atomic E-state index is 12.3. The Morgan fingerprint density at radius 1 is 1.40 bits per heavy atom. The van der Waals surface area contributed by atoms with Crippen LogP contribution in [0.2, 0.25) is 0 Å². The molecule has 0 amide bonds. The lowest BCUT2D eigenvalue weighted by Crippen LogP contribution is -2.32. The third kappa shape index (κ3) is 4.50. The fraction of sp³-hybridized carbons (Fsp3) is 0.500. The third-order valence-electron chi connectivity index (χ3n) is 4.05. The smallest absolute Gasteiger partial charge is 0.340 e. The lowest BCUT2D eigenvalue weighted by atomic mass is 10.1. The van der Waals surface area contributed by atoms with E-state index in [2.05, 4.69) is 5.32 Å². The Kier molecular flexibility index (Phi) is 6.81. The standard InChI is InChI=1S/C18H26N2O5/c1-4-24-18(23)17-12(2)20(3)16-6-5-14(9-15(16)17)25-11-13(22)10-19-7-8-21/h5-6,9,13,19,21-22H,4,7-8,10-11H2,1-3H3. The minimum atomic E-state index is -0.690.